The van der Waals surface area contributed by atoms with Crippen LogP contribution < -0.4 is 10.1 Å². The maximum atomic E-state index is 13.2. The Morgan fingerprint density at radius 3 is 2.80 bits per heavy atom. The lowest BCUT2D eigenvalue weighted by molar-refractivity contribution is -0.386. The summed E-state index contributed by atoms with van der Waals surface area (Å²) in [4.78, 5) is 14.3. The number of rotatable bonds is 4. The SMILES string of the molecule is CNc1ccc([N+](=O)[O-])c(Oc2cc(F)ccc2Br)n1. The topological polar surface area (TPSA) is 77.3 Å². The van der Waals surface area contributed by atoms with E-state index in [2.05, 4.69) is 26.2 Å². The molecule has 1 heterocycles. The molecule has 6 nitrogen and oxygen atoms in total. The van der Waals surface area contributed by atoms with Gasteiger partial charge in [0.25, 0.3) is 0 Å². The van der Waals surface area contributed by atoms with Crippen LogP contribution in [0.2, 0.25) is 0 Å². The molecule has 2 rings (SSSR count). The predicted octanol–water partition coefficient (Wildman–Crippen LogP) is 3.73. The number of nitrogens with zero attached hydrogens (tertiary/aromatic N) is 2. The second kappa shape index (κ2) is 5.83. The summed E-state index contributed by atoms with van der Waals surface area (Å²) in [5, 5.41) is 13.7. The summed E-state index contributed by atoms with van der Waals surface area (Å²) in [5.74, 6) is -0.226. The Kier molecular flexibility index (Phi) is 4.14. The molecule has 1 aromatic heterocycles. The van der Waals surface area contributed by atoms with Gasteiger partial charge in [0, 0.05) is 19.2 Å². The molecule has 0 aliphatic rings. The highest BCUT2D eigenvalue weighted by Crippen LogP contribution is 2.34. The van der Waals surface area contributed by atoms with Crippen LogP contribution >= 0.6 is 15.9 Å². The lowest BCUT2D eigenvalue weighted by Gasteiger charge is -2.08. The second-order valence-corrected chi connectivity index (χ2v) is 4.56. The maximum Gasteiger partial charge on any atom is 0.331 e. The molecule has 0 saturated carbocycles. The van der Waals surface area contributed by atoms with Crippen LogP contribution in [-0.4, -0.2) is 17.0 Å². The van der Waals surface area contributed by atoms with Gasteiger partial charge in [-0.3, -0.25) is 10.1 Å². The van der Waals surface area contributed by atoms with Crippen molar-refractivity contribution >= 4 is 27.4 Å². The number of nitrogens with one attached hydrogen (secondary N) is 1. The molecule has 2 aromatic rings. The molecule has 0 radical (unpaired) electrons. The van der Waals surface area contributed by atoms with Crippen LogP contribution in [0.5, 0.6) is 11.6 Å². The second-order valence-electron chi connectivity index (χ2n) is 3.70. The van der Waals surface area contributed by atoms with E-state index in [-0.39, 0.29) is 17.3 Å². The number of nitro groups is 1. The highest BCUT2D eigenvalue weighted by Gasteiger charge is 2.19. The van der Waals surface area contributed by atoms with Gasteiger partial charge >= 0.3 is 11.6 Å². The molecule has 0 aliphatic heterocycles. The van der Waals surface area contributed by atoms with Gasteiger partial charge in [0.1, 0.15) is 17.4 Å². The Bertz CT molecular complexity index is 666. The molecule has 0 spiro atoms. The zero-order valence-corrected chi connectivity index (χ0v) is 11.8. The van der Waals surface area contributed by atoms with Crippen LogP contribution in [0.3, 0.4) is 0 Å². The van der Waals surface area contributed by atoms with Crippen molar-refractivity contribution in [3.8, 4) is 11.6 Å². The molecule has 104 valence electrons. The Hall–Kier alpha value is -2.22. The van der Waals surface area contributed by atoms with E-state index in [1.807, 2.05) is 0 Å². The largest absolute Gasteiger partial charge is 0.432 e. The van der Waals surface area contributed by atoms with Crippen LogP contribution in [0.4, 0.5) is 15.9 Å². The van der Waals surface area contributed by atoms with Crippen molar-refractivity contribution in [2.45, 2.75) is 0 Å². The maximum absolute atomic E-state index is 13.2. The summed E-state index contributed by atoms with van der Waals surface area (Å²) in [6.07, 6.45) is 0. The van der Waals surface area contributed by atoms with Crippen molar-refractivity contribution in [1.29, 1.82) is 0 Å². The number of anilines is 1. The molecule has 0 unspecified atom stereocenters. The highest BCUT2D eigenvalue weighted by molar-refractivity contribution is 9.10. The molecule has 0 amide bonds. The summed E-state index contributed by atoms with van der Waals surface area (Å²) in [6, 6.07) is 6.51. The zero-order chi connectivity index (χ0) is 14.7. The van der Waals surface area contributed by atoms with Crippen molar-refractivity contribution in [2.75, 3.05) is 12.4 Å². The van der Waals surface area contributed by atoms with E-state index in [1.165, 1.54) is 24.3 Å². The molecule has 0 bridgehead atoms. The fourth-order valence-corrected chi connectivity index (χ4v) is 1.77. The molecular weight excluding hydrogens is 333 g/mol. The standard InChI is InChI=1S/C12H9BrFN3O3/c1-15-11-5-4-9(17(18)19)12(16-11)20-10-6-7(14)2-3-8(10)13/h2-6H,1H3,(H,15,16). The predicted molar refractivity (Wildman–Crippen MR) is 74.6 cm³/mol. The molecule has 20 heavy (non-hydrogen) atoms. The van der Waals surface area contributed by atoms with Crippen molar-refractivity contribution in [3.63, 3.8) is 0 Å². The first kappa shape index (κ1) is 14.2. The van der Waals surface area contributed by atoms with E-state index >= 15 is 0 Å². The minimum atomic E-state index is -0.616. The number of halogens is 2. The van der Waals surface area contributed by atoms with E-state index < -0.39 is 10.7 Å². The molecule has 0 atom stereocenters. The number of aromatic nitrogens is 1. The summed E-state index contributed by atoms with van der Waals surface area (Å²) in [7, 11) is 1.62. The van der Waals surface area contributed by atoms with Crippen LogP contribution in [0.1, 0.15) is 0 Å². The number of benzene rings is 1. The normalized spacial score (nSPS) is 10.2. The molecular formula is C12H9BrFN3O3. The Balaban J connectivity index is 2.45. The summed E-state index contributed by atoms with van der Waals surface area (Å²) >= 11 is 3.18. The van der Waals surface area contributed by atoms with Gasteiger partial charge in [0.2, 0.25) is 0 Å². The summed E-state index contributed by atoms with van der Waals surface area (Å²) < 4.78 is 19.0. The van der Waals surface area contributed by atoms with E-state index in [0.29, 0.717) is 10.3 Å². The van der Waals surface area contributed by atoms with Crippen LogP contribution in [0, 0.1) is 15.9 Å². The van der Waals surface area contributed by atoms with Gasteiger partial charge in [-0.05, 0) is 34.1 Å². The first-order valence-corrected chi connectivity index (χ1v) is 6.26. The van der Waals surface area contributed by atoms with E-state index in [0.717, 1.165) is 6.07 Å². The average Bonchev–Trinajstić information content (AvgIpc) is 2.42. The van der Waals surface area contributed by atoms with Crippen LogP contribution in [0.25, 0.3) is 0 Å². The first-order chi connectivity index (χ1) is 9.51. The van der Waals surface area contributed by atoms with Gasteiger partial charge in [0.05, 0.1) is 9.40 Å². The molecule has 0 saturated heterocycles. The average molecular weight is 342 g/mol. The number of pyridine rings is 1. The smallest absolute Gasteiger partial charge is 0.331 e. The third-order valence-electron chi connectivity index (χ3n) is 2.39. The van der Waals surface area contributed by atoms with Crippen LogP contribution in [-0.2, 0) is 0 Å². The molecule has 1 aromatic carbocycles. The summed E-state index contributed by atoms with van der Waals surface area (Å²) in [5.41, 5.74) is -0.305. The Morgan fingerprint density at radius 2 is 2.15 bits per heavy atom. The minimum absolute atomic E-state index is 0.105. The van der Waals surface area contributed by atoms with E-state index in [9.17, 15) is 14.5 Å². The third-order valence-corrected chi connectivity index (χ3v) is 3.05. The Labute approximate surface area is 121 Å². The fraction of sp³-hybridized carbons (Fsp3) is 0.0833. The first-order valence-electron chi connectivity index (χ1n) is 5.47. The lowest BCUT2D eigenvalue weighted by Crippen LogP contribution is -2.00. The van der Waals surface area contributed by atoms with Crippen molar-refractivity contribution in [3.05, 3.63) is 50.7 Å². The van der Waals surface area contributed by atoms with Crippen LogP contribution in [0.15, 0.2) is 34.8 Å². The zero-order valence-electron chi connectivity index (χ0n) is 10.3. The van der Waals surface area contributed by atoms with Gasteiger partial charge in [-0.25, -0.2) is 4.39 Å². The highest BCUT2D eigenvalue weighted by atomic mass is 79.9. The van der Waals surface area contributed by atoms with Gasteiger partial charge in [-0.1, -0.05) is 0 Å². The fourth-order valence-electron chi connectivity index (χ4n) is 1.45. The van der Waals surface area contributed by atoms with Crippen molar-refractivity contribution in [2.24, 2.45) is 0 Å². The summed E-state index contributed by atoms with van der Waals surface area (Å²) in [6.45, 7) is 0. The van der Waals surface area contributed by atoms with Gasteiger partial charge < -0.3 is 10.1 Å². The molecule has 0 fully saturated rings. The minimum Gasteiger partial charge on any atom is -0.432 e. The molecule has 0 aliphatic carbocycles. The lowest BCUT2D eigenvalue weighted by atomic mass is 10.3. The number of ether oxygens (including phenoxy) is 1. The third kappa shape index (κ3) is 3.02. The van der Waals surface area contributed by atoms with Gasteiger partial charge in [-0.15, -0.1) is 0 Å². The van der Waals surface area contributed by atoms with E-state index in [4.69, 9.17) is 4.74 Å². The quantitative estimate of drug-likeness (QED) is 0.677. The van der Waals surface area contributed by atoms with Gasteiger partial charge in [0.15, 0.2) is 0 Å². The molecule has 8 heteroatoms. The molecule has 1 N–H and O–H groups in total. The van der Waals surface area contributed by atoms with E-state index in [1.54, 1.807) is 7.05 Å². The van der Waals surface area contributed by atoms with Gasteiger partial charge in [-0.2, -0.15) is 4.98 Å². The monoisotopic (exact) mass is 341 g/mol. The van der Waals surface area contributed by atoms with Crippen molar-refractivity contribution in [1.82, 2.24) is 4.98 Å². The van der Waals surface area contributed by atoms with Crippen molar-refractivity contribution < 1.29 is 14.1 Å². The number of hydrogen-bond acceptors (Lipinski definition) is 5. The Morgan fingerprint density at radius 1 is 1.40 bits per heavy atom. The number of hydrogen-bond donors (Lipinski definition) is 1.